The molecule has 0 saturated carbocycles. The van der Waals surface area contributed by atoms with Gasteiger partial charge in [-0.3, -0.25) is 14.0 Å². The average Bonchev–Trinajstić information content (AvgIpc) is 3.00. The Kier molecular flexibility index (Phi) is 6.00. The number of carbonyl (C=O) groups excluding carboxylic acids is 2. The summed E-state index contributed by atoms with van der Waals surface area (Å²) in [5, 5.41) is 2.84. The van der Waals surface area contributed by atoms with E-state index in [-0.39, 0.29) is 17.2 Å². The molecule has 5 nitrogen and oxygen atoms in total. The number of nitrogens with zero attached hydrogens (tertiary/aromatic N) is 2. The van der Waals surface area contributed by atoms with E-state index in [4.69, 9.17) is 0 Å². The number of aromatic nitrogens is 2. The largest absolute Gasteiger partial charge is 0.416 e. The third-order valence-electron chi connectivity index (χ3n) is 5.10. The molecule has 0 saturated heterocycles. The van der Waals surface area contributed by atoms with Gasteiger partial charge in [-0.2, -0.15) is 13.2 Å². The van der Waals surface area contributed by atoms with Crippen LogP contribution in [0.1, 0.15) is 53.8 Å². The van der Waals surface area contributed by atoms with Crippen molar-refractivity contribution in [2.75, 3.05) is 5.32 Å². The molecule has 0 unspecified atom stereocenters. The Morgan fingerprint density at radius 2 is 1.69 bits per heavy atom. The molecular formula is C24H24F3N3O2. The number of anilines is 1. The van der Waals surface area contributed by atoms with Crippen molar-refractivity contribution in [3.63, 3.8) is 0 Å². The minimum Gasteiger partial charge on any atom is -0.322 e. The summed E-state index contributed by atoms with van der Waals surface area (Å²) in [6, 6.07) is 8.16. The van der Waals surface area contributed by atoms with Gasteiger partial charge in [0.25, 0.3) is 0 Å². The molecule has 0 bridgehead atoms. The van der Waals surface area contributed by atoms with Gasteiger partial charge in [0.15, 0.2) is 5.65 Å². The zero-order chi connectivity index (χ0) is 23.8. The lowest BCUT2D eigenvalue weighted by Crippen LogP contribution is -2.28. The summed E-state index contributed by atoms with van der Waals surface area (Å²) in [5.41, 5.74) is 0.893. The van der Waals surface area contributed by atoms with Crippen molar-refractivity contribution < 1.29 is 22.8 Å². The summed E-state index contributed by atoms with van der Waals surface area (Å²) in [5.74, 6) is -0.693. The predicted octanol–water partition coefficient (Wildman–Crippen LogP) is 5.85. The fourth-order valence-electron chi connectivity index (χ4n) is 3.15. The van der Waals surface area contributed by atoms with Gasteiger partial charge >= 0.3 is 6.18 Å². The lowest BCUT2D eigenvalue weighted by atomic mass is 9.95. The van der Waals surface area contributed by atoms with Crippen LogP contribution < -0.4 is 5.32 Å². The molecular weight excluding hydrogens is 419 g/mol. The first-order valence-electron chi connectivity index (χ1n) is 9.99. The zero-order valence-electron chi connectivity index (χ0n) is 18.5. The quantitative estimate of drug-likeness (QED) is 0.406. The molecule has 32 heavy (non-hydrogen) atoms. The first-order chi connectivity index (χ1) is 14.8. The number of carbonyl (C=O) groups is 2. The maximum absolute atomic E-state index is 13.2. The molecule has 0 aliphatic carbocycles. The molecule has 8 heteroatoms. The molecule has 0 spiro atoms. The molecule has 0 aliphatic heterocycles. The van der Waals surface area contributed by atoms with E-state index in [0.717, 1.165) is 18.2 Å². The summed E-state index contributed by atoms with van der Waals surface area (Å²) in [4.78, 5) is 29.9. The number of halogens is 3. The van der Waals surface area contributed by atoms with Gasteiger partial charge in [-0.05, 0) is 43.7 Å². The van der Waals surface area contributed by atoms with Gasteiger partial charge in [0.05, 0.1) is 22.6 Å². The van der Waals surface area contributed by atoms with Gasteiger partial charge in [-0.25, -0.2) is 4.98 Å². The van der Waals surface area contributed by atoms with Crippen molar-refractivity contribution in [3.8, 4) is 0 Å². The molecule has 1 N–H and O–H groups in total. The Bertz CT molecular complexity index is 1230. The maximum atomic E-state index is 13.2. The second-order valence-electron chi connectivity index (χ2n) is 8.56. The molecule has 2 aromatic heterocycles. The van der Waals surface area contributed by atoms with Gasteiger partial charge in [0, 0.05) is 11.1 Å². The number of nitrogens with one attached hydrogen (secondary N) is 1. The van der Waals surface area contributed by atoms with E-state index in [1.165, 1.54) is 24.3 Å². The molecule has 3 rings (SSSR count). The van der Waals surface area contributed by atoms with E-state index in [9.17, 15) is 22.8 Å². The van der Waals surface area contributed by atoms with Crippen molar-refractivity contribution in [3.05, 3.63) is 70.7 Å². The highest BCUT2D eigenvalue weighted by Crippen LogP contribution is 2.32. The second-order valence-corrected chi connectivity index (χ2v) is 8.56. The van der Waals surface area contributed by atoms with Crippen molar-refractivity contribution in [2.24, 2.45) is 5.41 Å². The Morgan fingerprint density at radius 3 is 2.31 bits per heavy atom. The Morgan fingerprint density at radius 1 is 1.03 bits per heavy atom. The maximum Gasteiger partial charge on any atom is 0.416 e. The first kappa shape index (κ1) is 23.2. The van der Waals surface area contributed by atoms with Crippen LogP contribution >= 0.6 is 0 Å². The summed E-state index contributed by atoms with van der Waals surface area (Å²) in [6.45, 7) is 8.90. The van der Waals surface area contributed by atoms with Crippen LogP contribution in [-0.2, 0) is 11.0 Å². The lowest BCUT2D eigenvalue weighted by molar-refractivity contribution is -0.137. The lowest BCUT2D eigenvalue weighted by Gasteiger charge is -2.18. The number of allylic oxidation sites excluding steroid dienone is 1. The van der Waals surface area contributed by atoms with Gasteiger partial charge in [-0.15, -0.1) is 0 Å². The monoisotopic (exact) mass is 443 g/mol. The van der Waals surface area contributed by atoms with Crippen molar-refractivity contribution >= 4 is 29.1 Å². The zero-order valence-corrected chi connectivity index (χ0v) is 18.5. The van der Waals surface area contributed by atoms with Crippen LogP contribution in [0.15, 0.2) is 42.5 Å². The highest BCUT2D eigenvalue weighted by Gasteiger charge is 2.32. The van der Waals surface area contributed by atoms with Crippen molar-refractivity contribution in [1.29, 1.82) is 0 Å². The number of rotatable bonds is 4. The first-order valence-corrected chi connectivity index (χ1v) is 9.99. The fraction of sp³-hybridized carbons (Fsp3) is 0.292. The number of alkyl halides is 3. The van der Waals surface area contributed by atoms with Crippen LogP contribution in [0.2, 0.25) is 0 Å². The third-order valence-corrected chi connectivity index (χ3v) is 5.10. The van der Waals surface area contributed by atoms with Crippen molar-refractivity contribution in [1.82, 2.24) is 9.38 Å². The van der Waals surface area contributed by atoms with E-state index in [0.29, 0.717) is 22.7 Å². The molecule has 3 aromatic rings. The number of imidazole rings is 1. The predicted molar refractivity (Wildman–Crippen MR) is 118 cm³/mol. The second kappa shape index (κ2) is 8.26. The molecule has 0 aliphatic rings. The van der Waals surface area contributed by atoms with E-state index in [1.807, 2.05) is 0 Å². The molecule has 0 radical (unpaired) electrons. The molecule has 0 fully saturated rings. The number of fused-ring (bicyclic) bond motifs is 1. The van der Waals surface area contributed by atoms with E-state index in [2.05, 4.69) is 10.3 Å². The SMILES string of the molecule is Cc1nc2c(NC(=O)C(C)(C)C)ccc(C(=O)C=Cc3ccccc3C(F)(F)F)n2c1C. The molecule has 0 atom stereocenters. The molecule has 2 heterocycles. The van der Waals surface area contributed by atoms with Crippen LogP contribution in [0.5, 0.6) is 0 Å². The number of aryl methyl sites for hydroxylation is 2. The van der Waals surface area contributed by atoms with Crippen LogP contribution in [0.4, 0.5) is 18.9 Å². The standard InChI is InChI=1S/C24H24F3N3O2/c1-14-15(2)30-19(12-11-18(21(30)28-14)29-22(32)23(3,4)5)20(31)13-10-16-8-6-7-9-17(16)24(25,26)27/h6-13H,1-5H3,(H,29,32). The number of hydrogen-bond acceptors (Lipinski definition) is 3. The van der Waals surface area contributed by atoms with Crippen LogP contribution in [-0.4, -0.2) is 21.1 Å². The Hall–Kier alpha value is -3.42. The molecule has 1 aromatic carbocycles. The topological polar surface area (TPSA) is 63.5 Å². The highest BCUT2D eigenvalue weighted by atomic mass is 19.4. The highest BCUT2D eigenvalue weighted by molar-refractivity contribution is 6.07. The van der Waals surface area contributed by atoms with Gasteiger partial charge in [-0.1, -0.05) is 45.0 Å². The Balaban J connectivity index is 2.04. The van der Waals surface area contributed by atoms with E-state index in [1.54, 1.807) is 45.1 Å². The smallest absolute Gasteiger partial charge is 0.322 e. The molecule has 1 amide bonds. The number of ketones is 1. The summed E-state index contributed by atoms with van der Waals surface area (Å²) < 4.78 is 41.3. The van der Waals surface area contributed by atoms with E-state index < -0.39 is 22.9 Å². The summed E-state index contributed by atoms with van der Waals surface area (Å²) in [6.07, 6.45) is -2.25. The van der Waals surface area contributed by atoms with Crippen LogP contribution in [0.3, 0.4) is 0 Å². The minimum absolute atomic E-state index is 0.0998. The molecule has 168 valence electrons. The minimum atomic E-state index is -4.53. The Labute approximate surface area is 184 Å². The normalized spacial score (nSPS) is 12.5. The van der Waals surface area contributed by atoms with Gasteiger partial charge in [0.2, 0.25) is 11.7 Å². The number of hydrogen-bond donors (Lipinski definition) is 1. The average molecular weight is 443 g/mol. The van der Waals surface area contributed by atoms with Gasteiger partial charge in [0.1, 0.15) is 0 Å². The third kappa shape index (κ3) is 4.59. The number of benzene rings is 1. The van der Waals surface area contributed by atoms with Crippen LogP contribution in [0, 0.1) is 19.3 Å². The number of pyridine rings is 1. The number of amides is 1. The van der Waals surface area contributed by atoms with Crippen molar-refractivity contribution in [2.45, 2.75) is 40.8 Å². The van der Waals surface area contributed by atoms with Crippen LogP contribution in [0.25, 0.3) is 11.7 Å². The van der Waals surface area contributed by atoms with E-state index >= 15 is 0 Å². The summed E-state index contributed by atoms with van der Waals surface area (Å²) in [7, 11) is 0. The summed E-state index contributed by atoms with van der Waals surface area (Å²) >= 11 is 0. The van der Waals surface area contributed by atoms with Gasteiger partial charge < -0.3 is 5.32 Å². The fourth-order valence-corrected chi connectivity index (χ4v) is 3.15.